The van der Waals surface area contributed by atoms with Crippen molar-refractivity contribution in [2.24, 2.45) is 5.92 Å². The zero-order chi connectivity index (χ0) is 46.8. The molecule has 2 aliphatic carbocycles. The van der Waals surface area contributed by atoms with Crippen LogP contribution in [0.15, 0.2) is 72.8 Å². The summed E-state index contributed by atoms with van der Waals surface area (Å²) in [7, 11) is 3.71. The van der Waals surface area contributed by atoms with Crippen molar-refractivity contribution in [3.8, 4) is 51.7 Å². The lowest BCUT2D eigenvalue weighted by Crippen LogP contribution is -2.37. The molecule has 8 N–H and O–H groups in total. The van der Waals surface area contributed by atoms with Gasteiger partial charge in [-0.3, -0.25) is 4.79 Å². The largest absolute Gasteiger partial charge is 0.508 e. The van der Waals surface area contributed by atoms with E-state index in [-0.39, 0.29) is 42.5 Å². The van der Waals surface area contributed by atoms with Crippen molar-refractivity contribution in [3.63, 3.8) is 0 Å². The molecule has 5 atom stereocenters. The number of carbonyl (C=O) groups is 1. The van der Waals surface area contributed by atoms with Crippen molar-refractivity contribution in [1.29, 1.82) is 0 Å². The first-order valence-corrected chi connectivity index (χ1v) is 23.5. The second-order valence-electron chi connectivity index (χ2n) is 18.4. The Morgan fingerprint density at radius 3 is 2.57 bits per heavy atom. The number of phenols is 2. The number of aromatic hydroxyl groups is 2. The molecule has 13 nitrogen and oxygen atoms in total. The van der Waals surface area contributed by atoms with Gasteiger partial charge >= 0.3 is 5.97 Å². The first-order chi connectivity index (χ1) is 32.5. The molecule has 9 rings (SSSR count). The van der Waals surface area contributed by atoms with Crippen molar-refractivity contribution in [3.05, 3.63) is 117 Å². The number of aliphatic hydroxyl groups excluding tert-OH is 1. The van der Waals surface area contributed by atoms with E-state index in [0.29, 0.717) is 42.5 Å². The van der Waals surface area contributed by atoms with Gasteiger partial charge in [0.15, 0.2) is 18.3 Å². The average molecular weight is 908 g/mol. The number of nitrogen functional groups attached to an aromatic ring is 1. The number of esters is 1. The quantitative estimate of drug-likeness (QED) is 0.0313. The molecule has 2 aliphatic heterocycles. The van der Waals surface area contributed by atoms with Crippen LogP contribution >= 0.6 is 0 Å². The molecule has 67 heavy (non-hydrogen) atoms. The van der Waals surface area contributed by atoms with Crippen molar-refractivity contribution in [2.75, 3.05) is 58.2 Å². The number of para-hydroxylation sites is 1. The molecular weight excluding hydrogens is 847 g/mol. The normalized spacial score (nSPS) is 20.8. The minimum atomic E-state index is -0.674. The minimum absolute atomic E-state index is 0.0340. The van der Waals surface area contributed by atoms with E-state index >= 15 is 0 Å². The van der Waals surface area contributed by atoms with E-state index in [9.17, 15) is 20.1 Å². The molecule has 1 saturated carbocycles. The van der Waals surface area contributed by atoms with E-state index < -0.39 is 30.2 Å². The van der Waals surface area contributed by atoms with Gasteiger partial charge < -0.3 is 56.0 Å². The Bertz CT molecular complexity index is 2730. The molecule has 3 heterocycles. The standard InChI is InChI=1S/C54H61N5O8/c1-5-58-44-11-7-6-9-32(44)13-14-38-34-19-20-54(25-34)26-35-21-36(62)23-48(65-30-60)50(35)41-16-15-40-43(29-64-31(2)61)52(67-53(40)51(41)54)42-24-47(66-37(27-56-3)28-57-4)46(63)22-33(42)10-8-12-45-39(38)17-18-49(55)59-45/h6-7,9,11,15-18,21-24,34,37-38,43,52,56-58,60,62-63H,5,10,13-14,19-20,25-30H2,1-4H3,(H2,55,59). The van der Waals surface area contributed by atoms with Crippen LogP contribution in [-0.2, 0) is 34.2 Å². The van der Waals surface area contributed by atoms with E-state index in [0.717, 1.165) is 94.6 Å². The number of benzene rings is 4. The maximum Gasteiger partial charge on any atom is 0.302 e. The fourth-order valence-corrected chi connectivity index (χ4v) is 11.5. The van der Waals surface area contributed by atoms with Crippen molar-refractivity contribution in [1.82, 2.24) is 15.6 Å². The number of carbonyl (C=O) groups excluding carboxylic acids is 1. The first-order valence-electron chi connectivity index (χ1n) is 23.5. The van der Waals surface area contributed by atoms with Gasteiger partial charge in [-0.1, -0.05) is 42.3 Å². The number of nitrogens with two attached hydrogens (primary N) is 1. The van der Waals surface area contributed by atoms with Crippen LogP contribution in [0.4, 0.5) is 11.5 Å². The zero-order valence-electron chi connectivity index (χ0n) is 38.7. The predicted molar refractivity (Wildman–Crippen MR) is 258 cm³/mol. The number of aromatic nitrogens is 1. The van der Waals surface area contributed by atoms with Crippen LogP contribution in [0, 0.1) is 17.8 Å². The third-order valence-electron chi connectivity index (χ3n) is 14.2. The zero-order valence-corrected chi connectivity index (χ0v) is 38.7. The third kappa shape index (κ3) is 8.93. The fourth-order valence-electron chi connectivity index (χ4n) is 11.5. The Hall–Kier alpha value is -6.46. The number of hydrogen-bond acceptors (Lipinski definition) is 13. The maximum absolute atomic E-state index is 12.6. The SMILES string of the molecule is CCNc1ccccc1CCC1c2ccc(N)nc2C#CCc2cc(O)c(OC(CNC)CNC)cc2C2Oc3c(ccc4c3C3(CCC1C3)Cc1cc(O)cc(OCO)c1-4)C2COC(C)=O. The number of anilines is 2. The molecule has 0 amide bonds. The Labute approximate surface area is 392 Å². The average Bonchev–Trinajstić information content (AvgIpc) is 3.89. The van der Waals surface area contributed by atoms with E-state index in [1.165, 1.54) is 12.5 Å². The number of nitrogens with zero attached hydrogens (tertiary/aromatic N) is 1. The number of aryl methyl sites for hydroxylation is 1. The summed E-state index contributed by atoms with van der Waals surface area (Å²) in [6, 6.07) is 23.6. The summed E-state index contributed by atoms with van der Waals surface area (Å²) < 4.78 is 25.7. The molecule has 4 bridgehead atoms. The number of phenolic OH excluding ortho intramolecular Hbond substituents is 2. The van der Waals surface area contributed by atoms with Crippen LogP contribution in [0.25, 0.3) is 11.1 Å². The van der Waals surface area contributed by atoms with Crippen molar-refractivity contribution >= 4 is 17.5 Å². The van der Waals surface area contributed by atoms with E-state index in [2.05, 4.69) is 77.2 Å². The summed E-state index contributed by atoms with van der Waals surface area (Å²) >= 11 is 0. The smallest absolute Gasteiger partial charge is 0.302 e. The number of hydrogen-bond donors (Lipinski definition) is 7. The van der Waals surface area contributed by atoms with E-state index in [4.69, 9.17) is 29.7 Å². The van der Waals surface area contributed by atoms with Crippen LogP contribution in [0.2, 0.25) is 0 Å². The summed E-state index contributed by atoms with van der Waals surface area (Å²) in [5, 5.41) is 42.9. The van der Waals surface area contributed by atoms with Crippen LogP contribution in [0.5, 0.6) is 28.7 Å². The van der Waals surface area contributed by atoms with Crippen LogP contribution in [0.3, 0.4) is 0 Å². The van der Waals surface area contributed by atoms with Gasteiger partial charge in [0.05, 0.1) is 5.92 Å². The number of aliphatic hydroxyl groups is 1. The molecule has 350 valence electrons. The Kier molecular flexibility index (Phi) is 13.2. The van der Waals surface area contributed by atoms with E-state index in [1.807, 2.05) is 32.3 Å². The molecule has 0 saturated heterocycles. The number of likely N-dealkylation sites (N-methyl/N-ethyl adjacent to an activating group) is 2. The number of rotatable bonds is 15. The van der Waals surface area contributed by atoms with Gasteiger partial charge in [0.1, 0.15) is 47.6 Å². The van der Waals surface area contributed by atoms with Gasteiger partial charge in [0.25, 0.3) is 0 Å². The lowest BCUT2D eigenvalue weighted by atomic mass is 9.64. The molecule has 5 aromatic rings. The molecule has 5 unspecified atom stereocenters. The van der Waals surface area contributed by atoms with Gasteiger partial charge in [0.2, 0.25) is 0 Å². The van der Waals surface area contributed by atoms with Gasteiger partial charge in [-0.15, -0.1) is 0 Å². The molecular formula is C54H61N5O8. The van der Waals surface area contributed by atoms with Crippen molar-refractivity contribution < 1.29 is 39.1 Å². The van der Waals surface area contributed by atoms with Gasteiger partial charge in [-0.25, -0.2) is 4.98 Å². The molecule has 4 aliphatic rings. The summed E-state index contributed by atoms with van der Waals surface area (Å²) in [4.78, 5) is 17.5. The fraction of sp³-hybridized carbons (Fsp3) is 0.407. The molecule has 1 spiro atoms. The van der Waals surface area contributed by atoms with Gasteiger partial charge in [-0.05, 0) is 135 Å². The predicted octanol–water partition coefficient (Wildman–Crippen LogP) is 7.39. The highest BCUT2D eigenvalue weighted by atomic mass is 16.6. The molecule has 4 aromatic carbocycles. The highest BCUT2D eigenvalue weighted by Gasteiger charge is 2.52. The maximum atomic E-state index is 12.6. The van der Waals surface area contributed by atoms with Crippen LogP contribution in [0.1, 0.15) is 102 Å². The summed E-state index contributed by atoms with van der Waals surface area (Å²) in [6.45, 7) is 4.86. The highest BCUT2D eigenvalue weighted by Crippen LogP contribution is 2.63. The van der Waals surface area contributed by atoms with Crippen molar-refractivity contribution in [2.45, 2.75) is 88.3 Å². The Morgan fingerprint density at radius 1 is 0.985 bits per heavy atom. The monoisotopic (exact) mass is 907 g/mol. The number of fused-ring (bicyclic) bond motifs is 7. The Balaban J connectivity index is 1.28. The number of nitrogens with one attached hydrogen (secondary N) is 3. The first kappa shape index (κ1) is 45.7. The summed E-state index contributed by atoms with van der Waals surface area (Å²) in [5.41, 5.74) is 16.1. The summed E-state index contributed by atoms with van der Waals surface area (Å²) in [5.74, 6) is 8.09. The molecule has 1 fully saturated rings. The lowest BCUT2D eigenvalue weighted by molar-refractivity contribution is -0.141. The molecule has 13 heteroatoms. The Morgan fingerprint density at radius 2 is 1.79 bits per heavy atom. The number of pyridine rings is 1. The van der Waals surface area contributed by atoms with E-state index in [1.54, 1.807) is 12.1 Å². The lowest BCUT2D eigenvalue weighted by Gasteiger charge is -2.40. The number of ether oxygens (including phenoxy) is 4. The van der Waals surface area contributed by atoms with Crippen LogP contribution < -0.4 is 35.9 Å². The summed E-state index contributed by atoms with van der Waals surface area (Å²) in [6.07, 6.45) is 4.01. The molecule has 1 aromatic heterocycles. The molecule has 0 radical (unpaired) electrons. The topological polar surface area (TPSA) is 190 Å². The highest BCUT2D eigenvalue weighted by molar-refractivity contribution is 5.84. The van der Waals surface area contributed by atoms with Crippen LogP contribution in [-0.4, -0.2) is 79.5 Å². The minimum Gasteiger partial charge on any atom is -0.508 e. The second-order valence-corrected chi connectivity index (χ2v) is 18.4. The van der Waals surface area contributed by atoms with Gasteiger partial charge in [0, 0.05) is 72.4 Å². The second kappa shape index (κ2) is 19.4. The third-order valence-corrected chi connectivity index (χ3v) is 14.2. The van der Waals surface area contributed by atoms with Gasteiger partial charge in [-0.2, -0.15) is 0 Å².